The van der Waals surface area contributed by atoms with Crippen molar-refractivity contribution in [3.63, 3.8) is 0 Å². The first-order valence-electron chi connectivity index (χ1n) is 9.41. The van der Waals surface area contributed by atoms with Crippen LogP contribution in [0, 0.1) is 24.7 Å². The summed E-state index contributed by atoms with van der Waals surface area (Å²) in [7, 11) is 1.90. The first kappa shape index (κ1) is 17.2. The van der Waals surface area contributed by atoms with Crippen molar-refractivity contribution >= 4 is 5.96 Å². The third-order valence-electron chi connectivity index (χ3n) is 5.38. The first-order chi connectivity index (χ1) is 11.6. The van der Waals surface area contributed by atoms with Crippen molar-refractivity contribution in [3.05, 3.63) is 11.6 Å². The zero-order valence-electron chi connectivity index (χ0n) is 15.6. The molecule has 3 heterocycles. The van der Waals surface area contributed by atoms with Crippen molar-refractivity contribution in [2.45, 2.75) is 53.0 Å². The van der Waals surface area contributed by atoms with Crippen LogP contribution in [0.5, 0.6) is 0 Å². The highest BCUT2D eigenvalue weighted by atomic mass is 15.3. The standard InChI is InChI=1S/C18H32N6/c1-13(2)9-15-7-8-23(11-15)18(19-4)20-10-16-5-6-17-22-21-14(3)24(17)12-16/h13,15-16H,5-12H2,1-4H3,(H,19,20). The highest BCUT2D eigenvalue weighted by Crippen LogP contribution is 2.23. The molecular weight excluding hydrogens is 300 g/mol. The molecule has 24 heavy (non-hydrogen) atoms. The summed E-state index contributed by atoms with van der Waals surface area (Å²) < 4.78 is 2.27. The number of likely N-dealkylation sites (tertiary alicyclic amines) is 1. The van der Waals surface area contributed by atoms with Crippen LogP contribution in [0.25, 0.3) is 0 Å². The van der Waals surface area contributed by atoms with E-state index in [0.29, 0.717) is 5.92 Å². The molecule has 3 rings (SSSR count). The van der Waals surface area contributed by atoms with Gasteiger partial charge in [0.15, 0.2) is 5.96 Å². The first-order valence-corrected chi connectivity index (χ1v) is 9.41. The topological polar surface area (TPSA) is 58.3 Å². The molecule has 0 amide bonds. The van der Waals surface area contributed by atoms with Crippen molar-refractivity contribution in [2.24, 2.45) is 22.7 Å². The quantitative estimate of drug-likeness (QED) is 0.677. The molecule has 2 atom stereocenters. The van der Waals surface area contributed by atoms with Gasteiger partial charge in [0.05, 0.1) is 0 Å². The summed E-state index contributed by atoms with van der Waals surface area (Å²) in [6, 6.07) is 0. The molecule has 1 fully saturated rings. The van der Waals surface area contributed by atoms with Gasteiger partial charge in [-0.05, 0) is 43.9 Å². The highest BCUT2D eigenvalue weighted by Gasteiger charge is 2.26. The number of fused-ring (bicyclic) bond motifs is 1. The SMILES string of the molecule is CN=C(NCC1CCc2nnc(C)n2C1)N1CCC(CC(C)C)C1. The Morgan fingerprint density at radius 2 is 2.08 bits per heavy atom. The second kappa shape index (κ2) is 7.53. The maximum absolute atomic E-state index is 4.52. The van der Waals surface area contributed by atoms with Crippen LogP contribution in [0.2, 0.25) is 0 Å². The fourth-order valence-corrected chi connectivity index (χ4v) is 4.15. The van der Waals surface area contributed by atoms with Crippen LogP contribution in [-0.2, 0) is 13.0 Å². The molecule has 6 heteroatoms. The molecule has 0 aliphatic carbocycles. The van der Waals surface area contributed by atoms with Gasteiger partial charge in [-0.15, -0.1) is 10.2 Å². The number of rotatable bonds is 4. The van der Waals surface area contributed by atoms with Crippen molar-refractivity contribution in [3.8, 4) is 0 Å². The summed E-state index contributed by atoms with van der Waals surface area (Å²) in [6.07, 6.45) is 4.83. The van der Waals surface area contributed by atoms with Crippen LogP contribution in [0.1, 0.15) is 44.8 Å². The van der Waals surface area contributed by atoms with Gasteiger partial charge in [-0.2, -0.15) is 0 Å². The molecule has 1 saturated heterocycles. The molecule has 0 bridgehead atoms. The average molecular weight is 332 g/mol. The van der Waals surface area contributed by atoms with Crippen LogP contribution in [0.4, 0.5) is 0 Å². The number of nitrogens with one attached hydrogen (secondary N) is 1. The minimum atomic E-state index is 0.623. The molecule has 0 aromatic carbocycles. The Morgan fingerprint density at radius 1 is 1.25 bits per heavy atom. The average Bonchev–Trinajstić information content (AvgIpc) is 3.15. The van der Waals surface area contributed by atoms with Crippen LogP contribution in [0.3, 0.4) is 0 Å². The normalized spacial score (nSPS) is 24.5. The maximum atomic E-state index is 4.52. The molecule has 0 spiro atoms. The lowest BCUT2D eigenvalue weighted by atomic mass is 9.97. The Kier molecular flexibility index (Phi) is 5.41. The van der Waals surface area contributed by atoms with Crippen LogP contribution < -0.4 is 5.32 Å². The van der Waals surface area contributed by atoms with Crippen molar-refractivity contribution < 1.29 is 0 Å². The van der Waals surface area contributed by atoms with E-state index in [4.69, 9.17) is 0 Å². The molecule has 6 nitrogen and oxygen atoms in total. The number of aryl methyl sites for hydroxylation is 2. The van der Waals surface area contributed by atoms with Gasteiger partial charge in [-0.25, -0.2) is 0 Å². The minimum absolute atomic E-state index is 0.623. The Morgan fingerprint density at radius 3 is 2.83 bits per heavy atom. The van der Waals surface area contributed by atoms with Gasteiger partial charge in [0, 0.05) is 39.6 Å². The summed E-state index contributed by atoms with van der Waals surface area (Å²) in [5, 5.41) is 12.1. The Bertz CT molecular complexity index is 576. The van der Waals surface area contributed by atoms with Crippen molar-refractivity contribution in [1.82, 2.24) is 25.0 Å². The van der Waals surface area contributed by atoms with Gasteiger partial charge in [0.2, 0.25) is 0 Å². The monoisotopic (exact) mass is 332 g/mol. The maximum Gasteiger partial charge on any atom is 0.193 e. The minimum Gasteiger partial charge on any atom is -0.356 e. The number of guanidine groups is 1. The number of hydrogen-bond acceptors (Lipinski definition) is 3. The number of aromatic nitrogens is 3. The van der Waals surface area contributed by atoms with E-state index in [1.165, 1.54) is 19.3 Å². The molecule has 2 unspecified atom stereocenters. The van der Waals surface area contributed by atoms with E-state index in [2.05, 4.69) is 43.8 Å². The van der Waals surface area contributed by atoms with Crippen LogP contribution in [-0.4, -0.2) is 52.3 Å². The van der Waals surface area contributed by atoms with Gasteiger partial charge in [0.25, 0.3) is 0 Å². The second-order valence-corrected chi connectivity index (χ2v) is 7.84. The lowest BCUT2D eigenvalue weighted by Gasteiger charge is -2.27. The van der Waals surface area contributed by atoms with E-state index in [1.807, 2.05) is 14.0 Å². The molecular formula is C18H32N6. The van der Waals surface area contributed by atoms with E-state index in [-0.39, 0.29) is 0 Å². The van der Waals surface area contributed by atoms with Crippen LogP contribution in [0.15, 0.2) is 4.99 Å². The van der Waals surface area contributed by atoms with Crippen molar-refractivity contribution in [1.29, 1.82) is 0 Å². The molecule has 0 radical (unpaired) electrons. The Hall–Kier alpha value is -1.59. The highest BCUT2D eigenvalue weighted by molar-refractivity contribution is 5.80. The Balaban J connectivity index is 1.50. The zero-order valence-corrected chi connectivity index (χ0v) is 15.6. The zero-order chi connectivity index (χ0) is 17.1. The van der Waals surface area contributed by atoms with E-state index < -0.39 is 0 Å². The van der Waals surface area contributed by atoms with Gasteiger partial charge in [-0.1, -0.05) is 13.8 Å². The largest absolute Gasteiger partial charge is 0.356 e. The van der Waals surface area contributed by atoms with E-state index in [9.17, 15) is 0 Å². The van der Waals surface area contributed by atoms with Gasteiger partial charge in [-0.3, -0.25) is 4.99 Å². The summed E-state index contributed by atoms with van der Waals surface area (Å²) in [6.45, 7) is 11.0. The number of nitrogens with zero attached hydrogens (tertiary/aromatic N) is 5. The fourth-order valence-electron chi connectivity index (χ4n) is 4.15. The van der Waals surface area contributed by atoms with E-state index in [1.54, 1.807) is 0 Å². The molecule has 134 valence electrons. The summed E-state index contributed by atoms with van der Waals surface area (Å²) in [5.41, 5.74) is 0. The predicted molar refractivity (Wildman–Crippen MR) is 97.1 cm³/mol. The summed E-state index contributed by atoms with van der Waals surface area (Å²) >= 11 is 0. The number of hydrogen-bond donors (Lipinski definition) is 1. The van der Waals surface area contributed by atoms with E-state index >= 15 is 0 Å². The fraction of sp³-hybridized carbons (Fsp3) is 0.833. The third kappa shape index (κ3) is 3.90. The molecule has 2 aliphatic heterocycles. The summed E-state index contributed by atoms with van der Waals surface area (Å²) in [5.74, 6) is 5.48. The predicted octanol–water partition coefficient (Wildman–Crippen LogP) is 2.09. The lowest BCUT2D eigenvalue weighted by Crippen LogP contribution is -2.43. The van der Waals surface area contributed by atoms with Crippen LogP contribution >= 0.6 is 0 Å². The molecule has 1 aromatic rings. The number of aliphatic imine (C=N–C) groups is 1. The van der Waals surface area contributed by atoms with Gasteiger partial charge in [0.1, 0.15) is 11.6 Å². The van der Waals surface area contributed by atoms with E-state index in [0.717, 1.165) is 62.0 Å². The smallest absolute Gasteiger partial charge is 0.193 e. The van der Waals surface area contributed by atoms with Gasteiger partial charge < -0.3 is 14.8 Å². The second-order valence-electron chi connectivity index (χ2n) is 7.84. The van der Waals surface area contributed by atoms with Gasteiger partial charge >= 0.3 is 0 Å². The summed E-state index contributed by atoms with van der Waals surface area (Å²) in [4.78, 5) is 6.96. The van der Waals surface area contributed by atoms with Crippen molar-refractivity contribution in [2.75, 3.05) is 26.7 Å². The lowest BCUT2D eigenvalue weighted by molar-refractivity contribution is 0.350. The Labute approximate surface area is 145 Å². The molecule has 0 saturated carbocycles. The molecule has 2 aliphatic rings. The molecule has 1 aromatic heterocycles. The molecule has 1 N–H and O–H groups in total. The third-order valence-corrected chi connectivity index (χ3v) is 5.38.